The molecule has 1 fully saturated rings. The lowest BCUT2D eigenvalue weighted by molar-refractivity contribution is 0.0208. The highest BCUT2D eigenvalue weighted by Gasteiger charge is 2.31. The maximum Gasteiger partial charge on any atom is 0.266 e. The molecule has 2 aromatic rings. The van der Waals surface area contributed by atoms with Gasteiger partial charge in [0.25, 0.3) is 5.91 Å². The first-order valence-corrected chi connectivity index (χ1v) is 9.04. The molecule has 0 spiro atoms. The van der Waals surface area contributed by atoms with Gasteiger partial charge in [-0.1, -0.05) is 0 Å². The van der Waals surface area contributed by atoms with Gasteiger partial charge in [0.15, 0.2) is 10.8 Å². The van der Waals surface area contributed by atoms with Gasteiger partial charge in [0.1, 0.15) is 4.88 Å². The molecule has 0 aromatic carbocycles. The van der Waals surface area contributed by atoms with Gasteiger partial charge >= 0.3 is 0 Å². The van der Waals surface area contributed by atoms with Gasteiger partial charge in [-0.05, 0) is 39.7 Å². The summed E-state index contributed by atoms with van der Waals surface area (Å²) in [6.45, 7) is 7.42. The van der Waals surface area contributed by atoms with E-state index in [0.29, 0.717) is 28.9 Å². The first kappa shape index (κ1) is 17.0. The second kappa shape index (κ2) is 7.36. The van der Waals surface area contributed by atoms with Gasteiger partial charge in [-0.2, -0.15) is 0 Å². The zero-order valence-corrected chi connectivity index (χ0v) is 15.0. The van der Waals surface area contributed by atoms with Crippen molar-refractivity contribution in [3.8, 4) is 10.8 Å². The summed E-state index contributed by atoms with van der Waals surface area (Å²) in [5.74, 6) is 0.612. The maximum atomic E-state index is 13.2. The Morgan fingerprint density at radius 1 is 1.29 bits per heavy atom. The van der Waals surface area contributed by atoms with Crippen molar-refractivity contribution < 1.29 is 9.53 Å². The minimum Gasteiger partial charge on any atom is -0.381 e. The molecule has 0 saturated carbocycles. The van der Waals surface area contributed by atoms with Crippen molar-refractivity contribution in [3.05, 3.63) is 29.0 Å². The number of nitrogens with zero attached hydrogens (tertiary/aromatic N) is 4. The van der Waals surface area contributed by atoms with E-state index in [4.69, 9.17) is 4.74 Å². The van der Waals surface area contributed by atoms with Crippen molar-refractivity contribution in [1.82, 2.24) is 19.9 Å². The van der Waals surface area contributed by atoms with Crippen molar-refractivity contribution in [3.63, 3.8) is 0 Å². The number of aromatic nitrogens is 3. The van der Waals surface area contributed by atoms with E-state index in [1.165, 1.54) is 11.3 Å². The van der Waals surface area contributed by atoms with Gasteiger partial charge in [0.05, 0.1) is 5.69 Å². The number of hydrogen-bond acceptors (Lipinski definition) is 6. The van der Waals surface area contributed by atoms with E-state index in [-0.39, 0.29) is 18.0 Å². The van der Waals surface area contributed by atoms with Crippen molar-refractivity contribution in [1.29, 1.82) is 0 Å². The monoisotopic (exact) mass is 346 g/mol. The van der Waals surface area contributed by atoms with Crippen LogP contribution in [0.25, 0.3) is 10.8 Å². The molecule has 128 valence electrons. The summed E-state index contributed by atoms with van der Waals surface area (Å²) in [6.07, 6.45) is 5.14. The Labute approximate surface area is 145 Å². The van der Waals surface area contributed by atoms with Crippen LogP contribution in [0.15, 0.2) is 18.5 Å². The first-order valence-electron chi connectivity index (χ1n) is 8.23. The number of amides is 1. The van der Waals surface area contributed by atoms with Gasteiger partial charge in [-0.25, -0.2) is 15.0 Å². The lowest BCUT2D eigenvalue weighted by atomic mass is 10.0. The molecule has 0 N–H and O–H groups in total. The fourth-order valence-electron chi connectivity index (χ4n) is 3.00. The molecule has 0 unspecified atom stereocenters. The molecule has 0 bridgehead atoms. The van der Waals surface area contributed by atoms with Gasteiger partial charge in [0, 0.05) is 37.7 Å². The number of carbonyl (C=O) groups excluding carboxylic acids is 1. The molecule has 1 amide bonds. The summed E-state index contributed by atoms with van der Waals surface area (Å²) in [5.41, 5.74) is 0.741. The average Bonchev–Trinajstić information content (AvgIpc) is 2.98. The highest BCUT2D eigenvalue weighted by Crippen LogP contribution is 2.29. The van der Waals surface area contributed by atoms with Crippen LogP contribution in [-0.4, -0.2) is 51.1 Å². The lowest BCUT2D eigenvalue weighted by Gasteiger charge is -2.37. The highest BCUT2D eigenvalue weighted by molar-refractivity contribution is 7.17. The number of hydrogen-bond donors (Lipinski definition) is 0. The van der Waals surface area contributed by atoms with Gasteiger partial charge in [-0.3, -0.25) is 4.79 Å². The zero-order chi connectivity index (χ0) is 17.1. The molecular formula is C17H22N4O2S. The number of thiazole rings is 1. The molecule has 1 aliphatic rings. The van der Waals surface area contributed by atoms with E-state index in [9.17, 15) is 4.79 Å². The fourth-order valence-corrected chi connectivity index (χ4v) is 3.96. The SMILES string of the molecule is Cc1nc(-c2ncccn2)sc1C(=O)N(C(C)C)C1CCOCC1. The molecule has 0 atom stereocenters. The lowest BCUT2D eigenvalue weighted by Crippen LogP contribution is -2.47. The minimum atomic E-state index is 0.0501. The smallest absolute Gasteiger partial charge is 0.266 e. The Hall–Kier alpha value is -1.86. The molecule has 1 aliphatic heterocycles. The summed E-state index contributed by atoms with van der Waals surface area (Å²) < 4.78 is 5.44. The summed E-state index contributed by atoms with van der Waals surface area (Å²) in [6, 6.07) is 2.13. The van der Waals surface area contributed by atoms with E-state index in [2.05, 4.69) is 28.8 Å². The van der Waals surface area contributed by atoms with E-state index in [0.717, 1.165) is 18.5 Å². The molecule has 7 heteroatoms. The van der Waals surface area contributed by atoms with Crippen molar-refractivity contribution in [2.45, 2.75) is 45.7 Å². The van der Waals surface area contributed by atoms with Crippen molar-refractivity contribution in [2.75, 3.05) is 13.2 Å². The predicted octanol–water partition coefficient (Wildman–Crippen LogP) is 2.94. The Kier molecular flexibility index (Phi) is 5.20. The second-order valence-electron chi connectivity index (χ2n) is 6.16. The van der Waals surface area contributed by atoms with E-state index >= 15 is 0 Å². The number of rotatable bonds is 4. The molecular weight excluding hydrogens is 324 g/mol. The minimum absolute atomic E-state index is 0.0501. The van der Waals surface area contributed by atoms with Gasteiger partial charge in [0.2, 0.25) is 0 Å². The van der Waals surface area contributed by atoms with Crippen LogP contribution in [0.2, 0.25) is 0 Å². The van der Waals surface area contributed by atoms with Crippen LogP contribution in [-0.2, 0) is 4.74 Å². The normalized spacial score (nSPS) is 15.7. The van der Waals surface area contributed by atoms with Crippen LogP contribution >= 0.6 is 11.3 Å². The Morgan fingerprint density at radius 3 is 2.58 bits per heavy atom. The van der Waals surface area contributed by atoms with E-state index < -0.39 is 0 Å². The predicted molar refractivity (Wildman–Crippen MR) is 93.0 cm³/mol. The van der Waals surface area contributed by atoms with Crippen LogP contribution in [0.3, 0.4) is 0 Å². The van der Waals surface area contributed by atoms with Crippen molar-refractivity contribution >= 4 is 17.2 Å². The summed E-state index contributed by atoms with van der Waals surface area (Å²) in [7, 11) is 0. The fraction of sp³-hybridized carbons (Fsp3) is 0.529. The summed E-state index contributed by atoms with van der Waals surface area (Å²) in [5, 5.41) is 0.687. The van der Waals surface area contributed by atoms with Crippen LogP contribution in [0.1, 0.15) is 42.1 Å². The molecule has 6 nitrogen and oxygen atoms in total. The number of aryl methyl sites for hydroxylation is 1. The first-order chi connectivity index (χ1) is 11.6. The van der Waals surface area contributed by atoms with Gasteiger partial charge in [-0.15, -0.1) is 11.3 Å². The third-order valence-corrected chi connectivity index (χ3v) is 5.26. The standard InChI is InChI=1S/C17H22N4O2S/c1-11(2)21(13-5-9-23-10-6-13)17(22)14-12(3)20-16(24-14)15-18-7-4-8-19-15/h4,7-8,11,13H,5-6,9-10H2,1-3H3. The Bertz CT molecular complexity index is 696. The van der Waals surface area contributed by atoms with E-state index in [1.807, 2.05) is 11.8 Å². The van der Waals surface area contributed by atoms with Crippen LogP contribution in [0.4, 0.5) is 0 Å². The number of ether oxygens (including phenoxy) is 1. The number of carbonyl (C=O) groups is 1. The molecule has 2 aromatic heterocycles. The van der Waals surface area contributed by atoms with Gasteiger partial charge < -0.3 is 9.64 Å². The molecule has 3 rings (SSSR count). The highest BCUT2D eigenvalue weighted by atomic mass is 32.1. The van der Waals surface area contributed by atoms with Crippen molar-refractivity contribution in [2.24, 2.45) is 0 Å². The molecule has 1 saturated heterocycles. The van der Waals surface area contributed by atoms with Crippen LogP contribution in [0.5, 0.6) is 0 Å². The molecule has 24 heavy (non-hydrogen) atoms. The largest absolute Gasteiger partial charge is 0.381 e. The molecule has 3 heterocycles. The Balaban J connectivity index is 1.89. The summed E-state index contributed by atoms with van der Waals surface area (Å²) in [4.78, 5) is 28.8. The zero-order valence-electron chi connectivity index (χ0n) is 14.2. The Morgan fingerprint density at radius 2 is 1.96 bits per heavy atom. The quantitative estimate of drug-likeness (QED) is 0.851. The molecule has 0 radical (unpaired) electrons. The van der Waals surface area contributed by atoms with Crippen LogP contribution < -0.4 is 0 Å². The van der Waals surface area contributed by atoms with E-state index in [1.54, 1.807) is 18.5 Å². The third-order valence-electron chi connectivity index (χ3n) is 4.12. The average molecular weight is 346 g/mol. The summed E-state index contributed by atoms with van der Waals surface area (Å²) >= 11 is 1.37. The second-order valence-corrected chi connectivity index (χ2v) is 7.15. The van der Waals surface area contributed by atoms with Crippen LogP contribution in [0, 0.1) is 6.92 Å². The third kappa shape index (κ3) is 3.47. The maximum absolute atomic E-state index is 13.2. The molecule has 0 aliphatic carbocycles. The topological polar surface area (TPSA) is 68.2 Å².